The van der Waals surface area contributed by atoms with Crippen molar-refractivity contribution in [2.24, 2.45) is 0 Å². The van der Waals surface area contributed by atoms with Crippen LogP contribution in [0.4, 0.5) is 0 Å². The quantitative estimate of drug-likeness (QED) is 0.765. The van der Waals surface area contributed by atoms with Crippen LogP contribution in [0.15, 0.2) is 40.9 Å². The van der Waals surface area contributed by atoms with Crippen LogP contribution in [0.1, 0.15) is 5.56 Å². The molecule has 19 heavy (non-hydrogen) atoms. The van der Waals surface area contributed by atoms with Gasteiger partial charge in [0.2, 0.25) is 0 Å². The highest BCUT2D eigenvalue weighted by atomic mass is 79.9. The van der Waals surface area contributed by atoms with Crippen LogP contribution in [0.3, 0.4) is 0 Å². The Bertz CT molecular complexity index is 716. The Morgan fingerprint density at radius 3 is 2.68 bits per heavy atom. The van der Waals surface area contributed by atoms with E-state index in [9.17, 15) is 0 Å². The van der Waals surface area contributed by atoms with Crippen LogP contribution in [0.25, 0.3) is 22.4 Å². The summed E-state index contributed by atoms with van der Waals surface area (Å²) in [5.41, 5.74) is 4.10. The monoisotopic (exact) mass is 316 g/mol. The van der Waals surface area contributed by atoms with Crippen molar-refractivity contribution < 1.29 is 4.74 Å². The number of aromatic nitrogens is 2. The zero-order valence-corrected chi connectivity index (χ0v) is 12.3. The molecule has 0 spiro atoms. The van der Waals surface area contributed by atoms with Gasteiger partial charge in [-0.3, -0.25) is 0 Å². The molecule has 0 bridgehead atoms. The van der Waals surface area contributed by atoms with Gasteiger partial charge < -0.3 is 9.72 Å². The zero-order chi connectivity index (χ0) is 13.4. The molecule has 0 unspecified atom stereocenters. The van der Waals surface area contributed by atoms with Crippen molar-refractivity contribution in [2.45, 2.75) is 6.92 Å². The number of nitrogens with zero attached hydrogens (tertiary/aromatic N) is 1. The van der Waals surface area contributed by atoms with Crippen LogP contribution < -0.4 is 4.74 Å². The van der Waals surface area contributed by atoms with E-state index < -0.39 is 0 Å². The molecule has 1 N–H and O–H groups in total. The summed E-state index contributed by atoms with van der Waals surface area (Å²) in [5, 5.41) is 0. The molecule has 1 heterocycles. The second-order valence-corrected chi connectivity index (χ2v) is 5.23. The van der Waals surface area contributed by atoms with Gasteiger partial charge in [-0.1, -0.05) is 18.2 Å². The Morgan fingerprint density at radius 1 is 1.16 bits per heavy atom. The molecule has 1 aromatic heterocycles. The molecule has 0 atom stereocenters. The first kappa shape index (κ1) is 12.2. The largest absolute Gasteiger partial charge is 0.495 e. The van der Waals surface area contributed by atoms with E-state index in [1.165, 1.54) is 0 Å². The van der Waals surface area contributed by atoms with Gasteiger partial charge in [0.15, 0.2) is 0 Å². The Hall–Kier alpha value is -1.81. The summed E-state index contributed by atoms with van der Waals surface area (Å²) in [6, 6.07) is 12.0. The van der Waals surface area contributed by atoms with Gasteiger partial charge in [-0.25, -0.2) is 4.98 Å². The normalized spacial score (nSPS) is 10.9. The predicted molar refractivity (Wildman–Crippen MR) is 80.5 cm³/mol. The lowest BCUT2D eigenvalue weighted by atomic mass is 10.1. The summed E-state index contributed by atoms with van der Waals surface area (Å²) in [4.78, 5) is 7.98. The highest BCUT2D eigenvalue weighted by molar-refractivity contribution is 9.10. The highest BCUT2D eigenvalue weighted by Crippen LogP contribution is 2.38. The molecular weight excluding hydrogens is 304 g/mol. The Kier molecular flexibility index (Phi) is 3.03. The van der Waals surface area contributed by atoms with E-state index in [2.05, 4.69) is 38.9 Å². The average Bonchev–Trinajstić information content (AvgIpc) is 2.84. The second kappa shape index (κ2) is 4.70. The second-order valence-electron chi connectivity index (χ2n) is 4.38. The number of benzene rings is 2. The molecule has 0 aliphatic carbocycles. The Balaban J connectivity index is 2.29. The van der Waals surface area contributed by atoms with Gasteiger partial charge in [-0.15, -0.1) is 0 Å². The van der Waals surface area contributed by atoms with Crippen molar-refractivity contribution in [1.29, 1.82) is 0 Å². The first-order valence-electron chi connectivity index (χ1n) is 5.99. The summed E-state index contributed by atoms with van der Waals surface area (Å²) >= 11 is 3.52. The van der Waals surface area contributed by atoms with Gasteiger partial charge in [-0.2, -0.15) is 0 Å². The maximum Gasteiger partial charge on any atom is 0.144 e. The minimum Gasteiger partial charge on any atom is -0.495 e. The summed E-state index contributed by atoms with van der Waals surface area (Å²) < 4.78 is 6.43. The summed E-state index contributed by atoms with van der Waals surface area (Å²) in [6.45, 7) is 2.05. The van der Waals surface area contributed by atoms with E-state index in [-0.39, 0.29) is 0 Å². The van der Waals surface area contributed by atoms with Crippen LogP contribution in [0, 0.1) is 6.92 Å². The van der Waals surface area contributed by atoms with Gasteiger partial charge >= 0.3 is 0 Å². The predicted octanol–water partition coefficient (Wildman–Crippen LogP) is 4.31. The number of hydrogen-bond acceptors (Lipinski definition) is 2. The molecule has 96 valence electrons. The van der Waals surface area contributed by atoms with E-state index in [0.717, 1.165) is 38.2 Å². The maximum atomic E-state index is 5.50. The van der Waals surface area contributed by atoms with Gasteiger partial charge in [0.25, 0.3) is 0 Å². The molecule has 3 aromatic rings. The van der Waals surface area contributed by atoms with E-state index in [1.54, 1.807) is 7.11 Å². The first-order valence-corrected chi connectivity index (χ1v) is 6.78. The zero-order valence-electron chi connectivity index (χ0n) is 10.7. The summed E-state index contributed by atoms with van der Waals surface area (Å²) in [7, 11) is 1.67. The Morgan fingerprint density at radius 2 is 1.95 bits per heavy atom. The fourth-order valence-electron chi connectivity index (χ4n) is 2.22. The number of nitrogens with one attached hydrogen (secondary N) is 1. The molecule has 0 saturated carbocycles. The number of ether oxygens (including phenoxy) is 1. The number of aryl methyl sites for hydroxylation is 1. The minimum atomic E-state index is 0.805. The number of halogens is 1. The third-order valence-corrected chi connectivity index (χ3v) is 3.77. The van der Waals surface area contributed by atoms with Crippen LogP contribution in [0.2, 0.25) is 0 Å². The number of H-pyrrole nitrogens is 1. The van der Waals surface area contributed by atoms with Crippen molar-refractivity contribution in [3.63, 3.8) is 0 Å². The van der Waals surface area contributed by atoms with Gasteiger partial charge in [0.05, 0.1) is 28.2 Å². The molecular formula is C15H13BrN2O. The number of fused-ring (bicyclic) bond motifs is 1. The van der Waals surface area contributed by atoms with Gasteiger partial charge in [-0.05, 0) is 46.6 Å². The van der Waals surface area contributed by atoms with Crippen molar-refractivity contribution in [3.05, 3.63) is 46.4 Å². The van der Waals surface area contributed by atoms with E-state index in [1.807, 2.05) is 30.3 Å². The number of rotatable bonds is 2. The lowest BCUT2D eigenvalue weighted by Gasteiger charge is -2.11. The number of para-hydroxylation sites is 2. The minimum absolute atomic E-state index is 0.805. The van der Waals surface area contributed by atoms with Crippen molar-refractivity contribution in [2.75, 3.05) is 7.11 Å². The molecule has 0 amide bonds. The van der Waals surface area contributed by atoms with Crippen LogP contribution in [0.5, 0.6) is 5.75 Å². The lowest BCUT2D eigenvalue weighted by Crippen LogP contribution is -1.93. The smallest absolute Gasteiger partial charge is 0.144 e. The Labute approximate surface area is 119 Å². The molecule has 0 saturated heterocycles. The van der Waals surface area contributed by atoms with Gasteiger partial charge in [0, 0.05) is 0 Å². The highest BCUT2D eigenvalue weighted by Gasteiger charge is 2.15. The molecule has 3 rings (SSSR count). The van der Waals surface area contributed by atoms with Crippen LogP contribution in [-0.4, -0.2) is 17.1 Å². The molecule has 0 radical (unpaired) electrons. The number of methoxy groups -OCH3 is 1. The number of imidazole rings is 1. The van der Waals surface area contributed by atoms with Crippen molar-refractivity contribution in [1.82, 2.24) is 9.97 Å². The molecule has 4 heteroatoms. The van der Waals surface area contributed by atoms with Crippen LogP contribution >= 0.6 is 15.9 Å². The van der Waals surface area contributed by atoms with E-state index >= 15 is 0 Å². The topological polar surface area (TPSA) is 37.9 Å². The van der Waals surface area contributed by atoms with Gasteiger partial charge in [0.1, 0.15) is 11.6 Å². The van der Waals surface area contributed by atoms with Crippen LogP contribution in [-0.2, 0) is 0 Å². The van der Waals surface area contributed by atoms with E-state index in [0.29, 0.717) is 0 Å². The summed E-state index contributed by atoms with van der Waals surface area (Å²) in [6.07, 6.45) is 0. The van der Waals surface area contributed by atoms with Crippen molar-refractivity contribution in [3.8, 4) is 17.1 Å². The molecule has 0 aliphatic heterocycles. The molecule has 2 aromatic carbocycles. The summed E-state index contributed by atoms with van der Waals surface area (Å²) in [5.74, 6) is 1.64. The maximum absolute atomic E-state index is 5.50. The fourth-order valence-corrected chi connectivity index (χ4v) is 2.71. The lowest BCUT2D eigenvalue weighted by molar-refractivity contribution is 0.413. The third-order valence-electron chi connectivity index (χ3n) is 3.15. The third kappa shape index (κ3) is 2.02. The number of aromatic amines is 1. The average molecular weight is 317 g/mol. The molecule has 0 fully saturated rings. The van der Waals surface area contributed by atoms with Crippen molar-refractivity contribution >= 4 is 27.0 Å². The standard InChI is InChI=1S/C15H13BrN2O/c1-9-7-8-10(16)14(19-2)13(9)15-17-11-5-3-4-6-12(11)18-15/h3-8H,1-2H3,(H,17,18). The SMILES string of the molecule is COc1c(Br)ccc(C)c1-c1nc2ccccc2[nH]1. The fraction of sp³-hybridized carbons (Fsp3) is 0.133. The first-order chi connectivity index (χ1) is 9.20. The molecule has 0 aliphatic rings. The van der Waals surface area contributed by atoms with E-state index in [4.69, 9.17) is 4.74 Å². The number of hydrogen-bond donors (Lipinski definition) is 1. The molecule has 3 nitrogen and oxygen atoms in total.